The van der Waals surface area contributed by atoms with Crippen LogP contribution in [0.1, 0.15) is 24.2 Å². The van der Waals surface area contributed by atoms with Crippen LogP contribution in [-0.2, 0) is 12.8 Å². The second-order valence-electron chi connectivity index (χ2n) is 4.20. The van der Waals surface area contributed by atoms with Crippen molar-refractivity contribution >= 4 is 7.85 Å². The molecule has 0 aromatic carbocycles. The van der Waals surface area contributed by atoms with Gasteiger partial charge < -0.3 is 0 Å². The van der Waals surface area contributed by atoms with Crippen molar-refractivity contribution in [2.24, 2.45) is 11.8 Å². The van der Waals surface area contributed by atoms with Crippen LogP contribution in [-0.4, -0.2) is 23.3 Å². The van der Waals surface area contributed by atoms with Crippen molar-refractivity contribution in [3.8, 4) is 0 Å². The highest BCUT2D eigenvalue weighted by Crippen LogP contribution is 2.55. The highest BCUT2D eigenvalue weighted by Gasteiger charge is 2.45. The molecule has 2 radical (unpaired) electrons. The summed E-state index contributed by atoms with van der Waals surface area (Å²) >= 11 is 0. The SMILES string of the molecule is [B]C1C2CCc3n[nH]nc3CCC12. The van der Waals surface area contributed by atoms with Gasteiger partial charge in [0.2, 0.25) is 0 Å². The number of fused-ring (bicyclic) bond motifs is 2. The van der Waals surface area contributed by atoms with E-state index < -0.39 is 0 Å². The molecular weight excluding hydrogens is 161 g/mol. The summed E-state index contributed by atoms with van der Waals surface area (Å²) in [6, 6.07) is 0. The maximum Gasteiger partial charge on any atom is 0.0856 e. The first-order chi connectivity index (χ1) is 6.36. The number of hydrogen-bond acceptors (Lipinski definition) is 2. The van der Waals surface area contributed by atoms with Crippen molar-refractivity contribution in [3.63, 3.8) is 0 Å². The van der Waals surface area contributed by atoms with Gasteiger partial charge in [0.25, 0.3) is 0 Å². The molecule has 2 aliphatic carbocycles. The van der Waals surface area contributed by atoms with Crippen LogP contribution >= 0.6 is 0 Å². The van der Waals surface area contributed by atoms with E-state index in [-0.39, 0.29) is 0 Å². The average Bonchev–Trinajstić information content (AvgIpc) is 2.55. The molecule has 1 saturated carbocycles. The zero-order chi connectivity index (χ0) is 8.84. The molecule has 4 heteroatoms. The minimum absolute atomic E-state index is 0.466. The van der Waals surface area contributed by atoms with Gasteiger partial charge in [-0.15, -0.1) is 0 Å². The molecule has 2 unspecified atom stereocenters. The van der Waals surface area contributed by atoms with Crippen LogP contribution < -0.4 is 0 Å². The summed E-state index contributed by atoms with van der Waals surface area (Å²) in [6.45, 7) is 0. The largest absolute Gasteiger partial charge is 0.197 e. The van der Waals surface area contributed by atoms with E-state index in [9.17, 15) is 0 Å². The Bertz CT molecular complexity index is 294. The van der Waals surface area contributed by atoms with E-state index in [0.717, 1.165) is 36.1 Å². The molecule has 0 saturated heterocycles. The maximum absolute atomic E-state index is 5.97. The van der Waals surface area contributed by atoms with Crippen molar-refractivity contribution in [2.75, 3.05) is 0 Å². The minimum atomic E-state index is 0.466. The molecule has 0 spiro atoms. The number of H-pyrrole nitrogens is 1. The van der Waals surface area contributed by atoms with Gasteiger partial charge in [-0.1, -0.05) is 5.82 Å². The van der Waals surface area contributed by atoms with Crippen LogP contribution in [0.5, 0.6) is 0 Å². The smallest absolute Gasteiger partial charge is 0.0856 e. The fourth-order valence-corrected chi connectivity index (χ4v) is 2.57. The summed E-state index contributed by atoms with van der Waals surface area (Å²) in [5.74, 6) is 2.00. The summed E-state index contributed by atoms with van der Waals surface area (Å²) in [7, 11) is 5.97. The lowest BCUT2D eigenvalue weighted by Gasteiger charge is -2.04. The van der Waals surface area contributed by atoms with Gasteiger partial charge in [-0.05, 0) is 37.5 Å². The summed E-state index contributed by atoms with van der Waals surface area (Å²) in [5.41, 5.74) is 2.33. The predicted molar refractivity (Wildman–Crippen MR) is 49.5 cm³/mol. The van der Waals surface area contributed by atoms with Gasteiger partial charge >= 0.3 is 0 Å². The van der Waals surface area contributed by atoms with E-state index in [4.69, 9.17) is 7.85 Å². The van der Waals surface area contributed by atoms with E-state index >= 15 is 0 Å². The fourth-order valence-electron chi connectivity index (χ4n) is 2.57. The van der Waals surface area contributed by atoms with Gasteiger partial charge in [0, 0.05) is 0 Å². The summed E-state index contributed by atoms with van der Waals surface area (Å²) in [5, 5.41) is 11.0. The Morgan fingerprint density at radius 1 is 1.08 bits per heavy atom. The maximum atomic E-state index is 5.97. The standard InChI is InChI=1S/C9H12BN3/c10-9-5-1-3-7-8(12-13-11-7)4-2-6(5)9/h5-6,9H,1-4H2,(H,11,12,13). The average molecular weight is 173 g/mol. The molecule has 3 nitrogen and oxygen atoms in total. The van der Waals surface area contributed by atoms with Gasteiger partial charge in [0.15, 0.2) is 0 Å². The highest BCUT2D eigenvalue weighted by molar-refractivity contribution is 6.14. The Balaban J connectivity index is 1.83. The molecule has 1 aromatic rings. The molecule has 0 amide bonds. The second-order valence-corrected chi connectivity index (χ2v) is 4.20. The van der Waals surface area contributed by atoms with Gasteiger partial charge in [0.05, 0.1) is 19.2 Å². The minimum Gasteiger partial charge on any atom is -0.197 e. The topological polar surface area (TPSA) is 41.6 Å². The lowest BCUT2D eigenvalue weighted by molar-refractivity contribution is 0.579. The molecule has 66 valence electrons. The molecule has 1 aromatic heterocycles. The summed E-state index contributed by atoms with van der Waals surface area (Å²) < 4.78 is 0. The van der Waals surface area contributed by atoms with Crippen molar-refractivity contribution < 1.29 is 0 Å². The van der Waals surface area contributed by atoms with E-state index in [1.807, 2.05) is 0 Å². The lowest BCUT2D eigenvalue weighted by Crippen LogP contribution is -2.00. The number of nitrogens with one attached hydrogen (secondary N) is 1. The van der Waals surface area contributed by atoms with Gasteiger partial charge in [-0.3, -0.25) is 0 Å². The zero-order valence-electron chi connectivity index (χ0n) is 7.53. The predicted octanol–water partition coefficient (Wildman–Crippen LogP) is 0.886. The molecule has 0 bridgehead atoms. The van der Waals surface area contributed by atoms with Crippen LogP contribution in [0.2, 0.25) is 5.82 Å². The molecule has 1 heterocycles. The molecule has 1 N–H and O–H groups in total. The van der Waals surface area contributed by atoms with Gasteiger partial charge in [-0.2, -0.15) is 15.4 Å². The Morgan fingerprint density at radius 3 is 2.15 bits per heavy atom. The van der Waals surface area contributed by atoms with Crippen molar-refractivity contribution in [1.29, 1.82) is 0 Å². The summed E-state index contributed by atoms with van der Waals surface area (Å²) in [6.07, 6.45) is 4.51. The second kappa shape index (κ2) is 2.60. The third kappa shape index (κ3) is 1.11. The number of hydrogen-bond donors (Lipinski definition) is 1. The first-order valence-electron chi connectivity index (χ1n) is 5.00. The number of aromatic amines is 1. The molecular formula is C9H12BN3. The first kappa shape index (κ1) is 7.59. The zero-order valence-corrected chi connectivity index (χ0v) is 7.53. The van der Waals surface area contributed by atoms with Crippen LogP contribution in [0.4, 0.5) is 0 Å². The van der Waals surface area contributed by atoms with E-state index in [0.29, 0.717) is 5.82 Å². The molecule has 0 aliphatic heterocycles. The van der Waals surface area contributed by atoms with E-state index in [1.165, 1.54) is 12.8 Å². The highest BCUT2D eigenvalue weighted by atomic mass is 15.3. The lowest BCUT2D eigenvalue weighted by atomic mass is 9.97. The van der Waals surface area contributed by atoms with E-state index in [2.05, 4.69) is 15.4 Å². The number of aryl methyl sites for hydroxylation is 2. The third-order valence-corrected chi connectivity index (χ3v) is 3.53. The van der Waals surface area contributed by atoms with Crippen LogP contribution in [0.25, 0.3) is 0 Å². The van der Waals surface area contributed by atoms with Crippen molar-refractivity contribution in [2.45, 2.75) is 31.5 Å². The number of aromatic nitrogens is 3. The monoisotopic (exact) mass is 173 g/mol. The van der Waals surface area contributed by atoms with Crippen LogP contribution in [0.15, 0.2) is 0 Å². The Kier molecular flexibility index (Phi) is 1.52. The Labute approximate surface area is 78.7 Å². The normalized spacial score (nSPS) is 37.1. The van der Waals surface area contributed by atoms with E-state index in [1.54, 1.807) is 0 Å². The van der Waals surface area contributed by atoms with Gasteiger partial charge in [0.1, 0.15) is 0 Å². The van der Waals surface area contributed by atoms with Crippen molar-refractivity contribution in [1.82, 2.24) is 15.4 Å². The van der Waals surface area contributed by atoms with Crippen molar-refractivity contribution in [3.05, 3.63) is 11.4 Å². The Hall–Kier alpha value is -0.795. The summed E-state index contributed by atoms with van der Waals surface area (Å²) in [4.78, 5) is 0. The first-order valence-corrected chi connectivity index (χ1v) is 5.00. The molecule has 3 rings (SSSR count). The number of nitrogens with zero attached hydrogens (tertiary/aromatic N) is 2. The molecule has 1 fully saturated rings. The molecule has 13 heavy (non-hydrogen) atoms. The van der Waals surface area contributed by atoms with Crippen LogP contribution in [0, 0.1) is 11.8 Å². The quantitative estimate of drug-likeness (QED) is 0.591. The van der Waals surface area contributed by atoms with Gasteiger partial charge in [-0.25, -0.2) is 0 Å². The number of rotatable bonds is 0. The third-order valence-electron chi connectivity index (χ3n) is 3.53. The fraction of sp³-hybridized carbons (Fsp3) is 0.778. The molecule has 2 aliphatic rings. The van der Waals surface area contributed by atoms with Crippen LogP contribution in [0.3, 0.4) is 0 Å². The molecule has 2 atom stereocenters. The Morgan fingerprint density at radius 2 is 1.62 bits per heavy atom.